The van der Waals surface area contributed by atoms with Crippen LogP contribution in [0.25, 0.3) is 16.8 Å². The Bertz CT molecular complexity index is 1170. The summed E-state index contributed by atoms with van der Waals surface area (Å²) in [7, 11) is 0. The van der Waals surface area contributed by atoms with Crippen LogP contribution in [0.15, 0.2) is 67.0 Å². The fraction of sp³-hybridized carbons (Fsp3) is 0. The zero-order valence-corrected chi connectivity index (χ0v) is 16.4. The highest BCUT2D eigenvalue weighted by atomic mass is 35.5. The summed E-state index contributed by atoms with van der Waals surface area (Å²) in [6.45, 7) is 0. The molecule has 2 aromatic carbocycles. The smallest absolute Gasteiger partial charge is 0.286 e. The number of carbonyl (C=O) groups is 1. The molecule has 0 atom stereocenters. The largest absolute Gasteiger partial charge is 0.320 e. The van der Waals surface area contributed by atoms with E-state index in [0.717, 1.165) is 22.6 Å². The number of carbonyl (C=O) groups excluding carboxylic acids is 1. The van der Waals surface area contributed by atoms with Gasteiger partial charge in [-0.2, -0.15) is 5.10 Å². The zero-order valence-electron chi connectivity index (χ0n) is 14.8. The van der Waals surface area contributed by atoms with Crippen LogP contribution in [-0.2, 0) is 0 Å². The molecule has 2 heterocycles. The Labute approximate surface area is 174 Å². The molecule has 0 saturated carbocycles. The number of rotatable bonds is 5. The van der Waals surface area contributed by atoms with E-state index < -0.39 is 5.91 Å². The number of hydrogen-bond acceptors (Lipinski definition) is 5. The third-order valence-corrected chi connectivity index (χ3v) is 5.20. The summed E-state index contributed by atoms with van der Waals surface area (Å²) in [5.41, 5.74) is 2.17. The molecule has 9 heteroatoms. The lowest BCUT2D eigenvalue weighted by Gasteiger charge is -2.01. The van der Waals surface area contributed by atoms with Gasteiger partial charge >= 0.3 is 0 Å². The third-order valence-electron chi connectivity index (χ3n) is 3.84. The topological polar surface area (TPSA) is 72.7 Å². The number of anilines is 1. The summed E-state index contributed by atoms with van der Waals surface area (Å²) in [5, 5.41) is 15.7. The molecule has 4 rings (SSSR count). The second-order valence-corrected chi connectivity index (χ2v) is 7.30. The molecular formula is C20H13ClFN5OS. The highest BCUT2D eigenvalue weighted by Crippen LogP contribution is 2.26. The summed E-state index contributed by atoms with van der Waals surface area (Å²) in [4.78, 5) is 12.3. The van der Waals surface area contributed by atoms with E-state index in [2.05, 4.69) is 20.6 Å². The van der Waals surface area contributed by atoms with Crippen molar-refractivity contribution in [2.45, 2.75) is 0 Å². The molecule has 29 heavy (non-hydrogen) atoms. The van der Waals surface area contributed by atoms with Crippen LogP contribution in [0.5, 0.6) is 0 Å². The van der Waals surface area contributed by atoms with Gasteiger partial charge in [-0.05, 0) is 42.5 Å². The van der Waals surface area contributed by atoms with Gasteiger partial charge in [-0.3, -0.25) is 4.79 Å². The van der Waals surface area contributed by atoms with Gasteiger partial charge in [0, 0.05) is 17.4 Å². The monoisotopic (exact) mass is 425 g/mol. The minimum atomic E-state index is -0.443. The number of nitrogens with zero attached hydrogens (tertiary/aromatic N) is 4. The number of aromatic nitrogens is 4. The lowest BCUT2D eigenvalue weighted by atomic mass is 10.3. The van der Waals surface area contributed by atoms with E-state index >= 15 is 0 Å². The summed E-state index contributed by atoms with van der Waals surface area (Å²) < 4.78 is 14.7. The van der Waals surface area contributed by atoms with E-state index in [-0.39, 0.29) is 10.8 Å². The first-order chi connectivity index (χ1) is 14.1. The van der Waals surface area contributed by atoms with Gasteiger partial charge in [0.05, 0.1) is 16.9 Å². The Balaban J connectivity index is 1.48. The van der Waals surface area contributed by atoms with Gasteiger partial charge in [0.2, 0.25) is 5.01 Å². The molecule has 0 unspecified atom stereocenters. The minimum absolute atomic E-state index is 0.149. The van der Waals surface area contributed by atoms with Crippen LogP contribution < -0.4 is 5.32 Å². The predicted octanol–water partition coefficient (Wildman–Crippen LogP) is 4.85. The van der Waals surface area contributed by atoms with Crippen molar-refractivity contribution in [2.24, 2.45) is 0 Å². The van der Waals surface area contributed by atoms with Gasteiger partial charge < -0.3 is 5.32 Å². The second-order valence-electron chi connectivity index (χ2n) is 5.92. The number of para-hydroxylation sites is 1. The van der Waals surface area contributed by atoms with Crippen LogP contribution in [0, 0.1) is 5.82 Å². The zero-order chi connectivity index (χ0) is 20.2. The molecule has 0 spiro atoms. The number of benzene rings is 2. The van der Waals surface area contributed by atoms with E-state index in [0.29, 0.717) is 15.7 Å². The van der Waals surface area contributed by atoms with Crippen molar-refractivity contribution in [1.29, 1.82) is 0 Å². The average Bonchev–Trinajstić information content (AvgIpc) is 3.40. The first kappa shape index (κ1) is 19.0. The maximum Gasteiger partial charge on any atom is 0.286 e. The lowest BCUT2D eigenvalue weighted by Crippen LogP contribution is -2.11. The molecule has 0 aliphatic heterocycles. The van der Waals surface area contributed by atoms with Crippen LogP contribution in [0.2, 0.25) is 0 Å². The van der Waals surface area contributed by atoms with Crippen LogP contribution in [0.3, 0.4) is 0 Å². The third kappa shape index (κ3) is 4.56. The Kier molecular flexibility index (Phi) is 5.46. The van der Waals surface area contributed by atoms with E-state index in [1.807, 2.05) is 36.5 Å². The Morgan fingerprint density at radius 1 is 1.07 bits per heavy atom. The van der Waals surface area contributed by atoms with Gasteiger partial charge in [-0.15, -0.1) is 10.2 Å². The molecule has 6 nitrogen and oxygen atoms in total. The predicted molar refractivity (Wildman–Crippen MR) is 112 cm³/mol. The highest BCUT2D eigenvalue weighted by Gasteiger charge is 2.15. The lowest BCUT2D eigenvalue weighted by molar-refractivity contribution is 0.102. The molecule has 0 radical (unpaired) electrons. The van der Waals surface area contributed by atoms with Crippen LogP contribution in [0.4, 0.5) is 10.1 Å². The van der Waals surface area contributed by atoms with E-state index in [1.54, 1.807) is 17.0 Å². The molecule has 4 aromatic rings. The maximum atomic E-state index is 13.0. The van der Waals surface area contributed by atoms with Crippen molar-refractivity contribution in [3.8, 4) is 5.69 Å². The van der Waals surface area contributed by atoms with Gasteiger partial charge in [0.15, 0.2) is 5.01 Å². The second kappa shape index (κ2) is 8.34. The van der Waals surface area contributed by atoms with E-state index in [1.165, 1.54) is 24.3 Å². The van der Waals surface area contributed by atoms with Crippen molar-refractivity contribution >= 4 is 45.6 Å². The first-order valence-corrected chi connectivity index (χ1v) is 9.66. The van der Waals surface area contributed by atoms with Crippen molar-refractivity contribution < 1.29 is 9.18 Å². The summed E-state index contributed by atoms with van der Waals surface area (Å²) >= 11 is 7.41. The molecule has 2 aromatic heterocycles. The molecule has 144 valence electrons. The number of nitrogens with one attached hydrogen (secondary N) is 1. The molecular weight excluding hydrogens is 413 g/mol. The molecule has 1 N–H and O–H groups in total. The maximum absolute atomic E-state index is 13.0. The van der Waals surface area contributed by atoms with Crippen molar-refractivity contribution in [2.75, 3.05) is 5.32 Å². The van der Waals surface area contributed by atoms with E-state index in [4.69, 9.17) is 11.6 Å². The molecule has 0 saturated heterocycles. The molecule has 0 aliphatic carbocycles. The number of amides is 1. The normalized spacial score (nSPS) is 11.4. The van der Waals surface area contributed by atoms with Gasteiger partial charge in [-0.25, -0.2) is 9.07 Å². The standard InChI is InChI=1S/C20H13ClFN5OS/c21-17(10-13-11-23-27(12-13)16-4-2-1-3-5-16)19-25-26-20(29-19)18(28)24-15-8-6-14(22)7-9-15/h1-12H,(H,24,28). The fourth-order valence-electron chi connectivity index (χ4n) is 2.47. The quantitative estimate of drug-likeness (QED) is 0.496. The minimum Gasteiger partial charge on any atom is -0.320 e. The highest BCUT2D eigenvalue weighted by molar-refractivity contribution is 7.15. The first-order valence-electron chi connectivity index (χ1n) is 8.46. The molecule has 1 amide bonds. The summed E-state index contributed by atoms with van der Waals surface area (Å²) in [6.07, 6.45) is 5.22. The Hall–Kier alpha value is -3.36. The number of hydrogen-bond donors (Lipinski definition) is 1. The van der Waals surface area contributed by atoms with Crippen molar-refractivity contribution in [3.05, 3.63) is 88.4 Å². The number of halogens is 2. The van der Waals surface area contributed by atoms with Crippen LogP contribution in [0.1, 0.15) is 20.4 Å². The van der Waals surface area contributed by atoms with Crippen LogP contribution in [-0.4, -0.2) is 25.9 Å². The van der Waals surface area contributed by atoms with Gasteiger partial charge in [0.1, 0.15) is 5.82 Å². The van der Waals surface area contributed by atoms with Crippen molar-refractivity contribution in [3.63, 3.8) is 0 Å². The van der Waals surface area contributed by atoms with Gasteiger partial charge in [-0.1, -0.05) is 41.1 Å². The fourth-order valence-corrected chi connectivity index (χ4v) is 3.40. The Morgan fingerprint density at radius 3 is 2.55 bits per heavy atom. The molecule has 0 bridgehead atoms. The summed E-state index contributed by atoms with van der Waals surface area (Å²) in [6, 6.07) is 15.1. The Morgan fingerprint density at radius 2 is 1.79 bits per heavy atom. The van der Waals surface area contributed by atoms with E-state index in [9.17, 15) is 9.18 Å². The average molecular weight is 426 g/mol. The molecule has 0 fully saturated rings. The van der Waals surface area contributed by atoms with Gasteiger partial charge in [0.25, 0.3) is 5.91 Å². The van der Waals surface area contributed by atoms with Crippen molar-refractivity contribution in [1.82, 2.24) is 20.0 Å². The molecule has 0 aliphatic rings. The summed E-state index contributed by atoms with van der Waals surface area (Å²) in [5.74, 6) is -0.824. The SMILES string of the molecule is O=C(Nc1ccc(F)cc1)c1nnc(C(Cl)=Cc2cnn(-c3ccccc3)c2)s1. The van der Waals surface area contributed by atoms with Crippen LogP contribution >= 0.6 is 22.9 Å².